The van der Waals surface area contributed by atoms with Gasteiger partial charge in [-0.2, -0.15) is 9.78 Å². The highest BCUT2D eigenvalue weighted by molar-refractivity contribution is 6.33. The fourth-order valence-corrected chi connectivity index (χ4v) is 4.30. The first-order valence-electron chi connectivity index (χ1n) is 9.81. The van der Waals surface area contributed by atoms with Crippen molar-refractivity contribution >= 4 is 17.3 Å². The van der Waals surface area contributed by atoms with Crippen LogP contribution in [0.3, 0.4) is 0 Å². The summed E-state index contributed by atoms with van der Waals surface area (Å²) in [5.74, 6) is -1.12. The lowest BCUT2D eigenvalue weighted by molar-refractivity contribution is 0.0296. The summed E-state index contributed by atoms with van der Waals surface area (Å²) in [6.07, 6.45) is 3.61. The molecule has 4 rings (SSSR count). The van der Waals surface area contributed by atoms with Gasteiger partial charge in [0.25, 0.3) is 5.56 Å². The van der Waals surface area contributed by atoms with Crippen LogP contribution < -0.4 is 10.5 Å². The number of anilines is 1. The smallest absolute Gasteiger partial charge is 0.292 e. The summed E-state index contributed by atoms with van der Waals surface area (Å²) < 4.78 is 33.5. The van der Waals surface area contributed by atoms with E-state index >= 15 is 0 Å². The quantitative estimate of drug-likeness (QED) is 0.755. The Labute approximate surface area is 172 Å². The molecule has 1 atom stereocenters. The number of benzene rings is 1. The molecule has 0 N–H and O–H groups in total. The summed E-state index contributed by atoms with van der Waals surface area (Å²) in [5, 5.41) is 4.10. The Morgan fingerprint density at radius 2 is 1.97 bits per heavy atom. The lowest BCUT2D eigenvalue weighted by atomic mass is 9.97. The zero-order valence-electron chi connectivity index (χ0n) is 16.0. The SMILES string of the molecule is O=c1c(Cl)c(N2CCCC(CN3CCOCC3)C2)cnn1-c1ccc(F)cc1F. The van der Waals surface area contributed by atoms with E-state index in [1.165, 1.54) is 12.3 Å². The zero-order chi connectivity index (χ0) is 20.4. The molecule has 0 amide bonds. The molecule has 0 spiro atoms. The van der Waals surface area contributed by atoms with Crippen LogP contribution in [0.15, 0.2) is 29.2 Å². The van der Waals surface area contributed by atoms with Crippen molar-refractivity contribution in [2.45, 2.75) is 12.8 Å². The van der Waals surface area contributed by atoms with E-state index in [4.69, 9.17) is 16.3 Å². The zero-order valence-corrected chi connectivity index (χ0v) is 16.7. The Hall–Kier alpha value is -2.03. The monoisotopic (exact) mass is 424 g/mol. The molecule has 1 aromatic carbocycles. The molecule has 1 aromatic heterocycles. The van der Waals surface area contributed by atoms with Crippen LogP contribution in [0.1, 0.15) is 12.8 Å². The molecule has 6 nitrogen and oxygen atoms in total. The summed E-state index contributed by atoms with van der Waals surface area (Å²) in [6.45, 7) is 5.98. The fourth-order valence-electron chi connectivity index (χ4n) is 4.05. The molecule has 2 aliphatic rings. The number of halogens is 3. The first-order valence-corrected chi connectivity index (χ1v) is 10.2. The standard InChI is InChI=1S/C20H23ClF2N4O2/c21-19-18(11-24-27(20(19)28)17-4-3-15(22)10-16(17)23)26-5-1-2-14(13-26)12-25-6-8-29-9-7-25/h3-4,10-11,14H,1-2,5-9,12-13H2. The second kappa shape index (κ2) is 8.77. The number of piperidine rings is 1. The van der Waals surface area contributed by atoms with Crippen molar-refractivity contribution in [2.24, 2.45) is 5.92 Å². The molecule has 0 radical (unpaired) electrons. The van der Waals surface area contributed by atoms with Gasteiger partial charge in [-0.05, 0) is 30.9 Å². The van der Waals surface area contributed by atoms with Gasteiger partial charge in [0, 0.05) is 38.8 Å². The first-order chi connectivity index (χ1) is 14.0. The van der Waals surface area contributed by atoms with Crippen LogP contribution in [0.25, 0.3) is 5.69 Å². The molecule has 3 heterocycles. The average molecular weight is 425 g/mol. The third kappa shape index (κ3) is 4.44. The number of hydrogen-bond donors (Lipinski definition) is 0. The summed E-state index contributed by atoms with van der Waals surface area (Å²) in [5.41, 5.74) is -0.194. The summed E-state index contributed by atoms with van der Waals surface area (Å²) in [4.78, 5) is 17.2. The third-order valence-corrected chi connectivity index (χ3v) is 5.87. The van der Waals surface area contributed by atoms with Crippen molar-refractivity contribution in [3.8, 4) is 5.69 Å². The maximum atomic E-state index is 14.1. The van der Waals surface area contributed by atoms with Gasteiger partial charge in [-0.3, -0.25) is 9.69 Å². The summed E-state index contributed by atoms with van der Waals surface area (Å²) in [6, 6.07) is 2.97. The molecule has 1 unspecified atom stereocenters. The van der Waals surface area contributed by atoms with Crippen LogP contribution in [0.2, 0.25) is 5.02 Å². The van der Waals surface area contributed by atoms with Crippen molar-refractivity contribution < 1.29 is 13.5 Å². The average Bonchev–Trinajstić information content (AvgIpc) is 2.72. The van der Waals surface area contributed by atoms with E-state index < -0.39 is 17.2 Å². The van der Waals surface area contributed by atoms with Gasteiger partial charge in [0.2, 0.25) is 0 Å². The van der Waals surface area contributed by atoms with Crippen LogP contribution in [0, 0.1) is 17.6 Å². The van der Waals surface area contributed by atoms with Crippen molar-refractivity contribution in [1.29, 1.82) is 0 Å². The molecule has 29 heavy (non-hydrogen) atoms. The van der Waals surface area contributed by atoms with Gasteiger partial charge in [-0.15, -0.1) is 0 Å². The second-order valence-corrected chi connectivity index (χ2v) is 7.90. The Morgan fingerprint density at radius 3 is 2.72 bits per heavy atom. The van der Waals surface area contributed by atoms with Gasteiger partial charge in [0.15, 0.2) is 5.82 Å². The molecule has 156 valence electrons. The molecule has 2 saturated heterocycles. The predicted octanol–water partition coefficient (Wildman–Crippen LogP) is 2.71. The van der Waals surface area contributed by atoms with Gasteiger partial charge >= 0.3 is 0 Å². The lowest BCUT2D eigenvalue weighted by Crippen LogP contribution is -2.45. The van der Waals surface area contributed by atoms with Crippen molar-refractivity contribution in [2.75, 3.05) is 50.8 Å². The third-order valence-electron chi connectivity index (χ3n) is 5.52. The molecule has 2 fully saturated rings. The van der Waals surface area contributed by atoms with Crippen LogP contribution in [-0.2, 0) is 4.74 Å². The van der Waals surface area contributed by atoms with Crippen LogP contribution >= 0.6 is 11.6 Å². The number of hydrogen-bond acceptors (Lipinski definition) is 5. The van der Waals surface area contributed by atoms with E-state index in [-0.39, 0.29) is 10.7 Å². The van der Waals surface area contributed by atoms with Crippen molar-refractivity contribution in [3.63, 3.8) is 0 Å². The van der Waals surface area contributed by atoms with E-state index in [0.29, 0.717) is 17.7 Å². The van der Waals surface area contributed by atoms with E-state index in [2.05, 4.69) is 14.9 Å². The topological polar surface area (TPSA) is 50.6 Å². The van der Waals surface area contributed by atoms with Gasteiger partial charge in [0.1, 0.15) is 16.5 Å². The molecule has 2 aromatic rings. The van der Waals surface area contributed by atoms with Gasteiger partial charge < -0.3 is 9.64 Å². The highest BCUT2D eigenvalue weighted by Gasteiger charge is 2.26. The number of rotatable bonds is 4. The highest BCUT2D eigenvalue weighted by Crippen LogP contribution is 2.28. The van der Waals surface area contributed by atoms with Gasteiger partial charge in [-0.1, -0.05) is 11.6 Å². The molecule has 0 aliphatic carbocycles. The Bertz CT molecular complexity index is 933. The Kier molecular flexibility index (Phi) is 6.12. The molecule has 0 bridgehead atoms. The number of morpholine rings is 1. The molecule has 9 heteroatoms. The molecular weight excluding hydrogens is 402 g/mol. The lowest BCUT2D eigenvalue weighted by Gasteiger charge is -2.37. The van der Waals surface area contributed by atoms with E-state index in [9.17, 15) is 13.6 Å². The first kappa shape index (κ1) is 20.3. The van der Waals surface area contributed by atoms with Gasteiger partial charge in [0.05, 0.1) is 25.1 Å². The van der Waals surface area contributed by atoms with E-state index in [0.717, 1.165) is 69.5 Å². The molecule has 2 aliphatic heterocycles. The fraction of sp³-hybridized carbons (Fsp3) is 0.500. The number of ether oxygens (including phenoxy) is 1. The van der Waals surface area contributed by atoms with E-state index in [1.54, 1.807) is 0 Å². The highest BCUT2D eigenvalue weighted by atomic mass is 35.5. The Balaban J connectivity index is 1.54. The minimum atomic E-state index is -0.869. The maximum Gasteiger partial charge on any atom is 0.292 e. The predicted molar refractivity (Wildman–Crippen MR) is 107 cm³/mol. The number of nitrogens with zero attached hydrogens (tertiary/aromatic N) is 4. The Morgan fingerprint density at radius 1 is 1.17 bits per heavy atom. The minimum Gasteiger partial charge on any atom is -0.379 e. The minimum absolute atomic E-state index is 0.00394. The second-order valence-electron chi connectivity index (χ2n) is 7.52. The van der Waals surface area contributed by atoms with Crippen LogP contribution in [-0.4, -0.2) is 60.6 Å². The maximum absolute atomic E-state index is 14.1. The normalized spacial score (nSPS) is 20.8. The van der Waals surface area contributed by atoms with Crippen LogP contribution in [0.4, 0.5) is 14.5 Å². The van der Waals surface area contributed by atoms with E-state index in [1.807, 2.05) is 0 Å². The molecule has 0 saturated carbocycles. The van der Waals surface area contributed by atoms with Crippen molar-refractivity contribution in [3.05, 3.63) is 51.4 Å². The molecular formula is C20H23ClF2N4O2. The van der Waals surface area contributed by atoms with Crippen molar-refractivity contribution in [1.82, 2.24) is 14.7 Å². The largest absolute Gasteiger partial charge is 0.379 e. The van der Waals surface area contributed by atoms with Crippen LogP contribution in [0.5, 0.6) is 0 Å². The number of aromatic nitrogens is 2. The van der Waals surface area contributed by atoms with Gasteiger partial charge in [-0.25, -0.2) is 8.78 Å². The summed E-state index contributed by atoms with van der Waals surface area (Å²) >= 11 is 6.37. The summed E-state index contributed by atoms with van der Waals surface area (Å²) in [7, 11) is 0.